The highest BCUT2D eigenvalue weighted by Gasteiger charge is 2.18. The maximum atomic E-state index is 13.4. The third-order valence-electron chi connectivity index (χ3n) is 4.32. The molecule has 0 bridgehead atoms. The van der Waals surface area contributed by atoms with E-state index in [1.54, 1.807) is 48.7 Å². The van der Waals surface area contributed by atoms with Crippen molar-refractivity contribution in [2.75, 3.05) is 6.26 Å². The van der Waals surface area contributed by atoms with Crippen molar-refractivity contribution in [2.45, 2.75) is 11.5 Å². The minimum Gasteiger partial charge on any atom is -0.468 e. The molecule has 0 amide bonds. The lowest BCUT2D eigenvalue weighted by molar-refractivity contribution is 0.255. The van der Waals surface area contributed by atoms with Crippen LogP contribution in [0.4, 0.5) is 4.39 Å². The van der Waals surface area contributed by atoms with Gasteiger partial charge in [-0.2, -0.15) is 0 Å². The van der Waals surface area contributed by atoms with Crippen LogP contribution < -0.4 is 4.74 Å². The number of oxazole rings is 1. The third kappa shape index (κ3) is 4.38. The highest BCUT2D eigenvalue weighted by molar-refractivity contribution is 7.90. The normalized spacial score (nSPS) is 11.4. The number of aromatic nitrogens is 2. The van der Waals surface area contributed by atoms with Crippen LogP contribution in [0.5, 0.6) is 5.88 Å². The smallest absolute Gasteiger partial charge is 0.233 e. The molecule has 2 aromatic heterocycles. The fraction of sp³-hybridized carbons (Fsp3) is 0.0909. The lowest BCUT2D eigenvalue weighted by atomic mass is 10.1. The molecule has 0 saturated carbocycles. The zero-order chi connectivity index (χ0) is 21.1. The van der Waals surface area contributed by atoms with E-state index in [2.05, 4.69) is 9.97 Å². The summed E-state index contributed by atoms with van der Waals surface area (Å²) in [4.78, 5) is 8.81. The number of ether oxygens (including phenoxy) is 1. The number of sulfone groups is 1. The molecule has 2 heterocycles. The van der Waals surface area contributed by atoms with Crippen LogP contribution in [0.15, 0.2) is 82.2 Å². The average Bonchev–Trinajstić information content (AvgIpc) is 3.17. The monoisotopic (exact) mass is 424 g/mol. The number of hydrogen-bond donors (Lipinski definition) is 0. The van der Waals surface area contributed by atoms with Gasteiger partial charge in [-0.05, 0) is 54.6 Å². The summed E-state index contributed by atoms with van der Waals surface area (Å²) in [5, 5.41) is 0. The quantitative estimate of drug-likeness (QED) is 0.452. The Morgan fingerprint density at radius 1 is 0.967 bits per heavy atom. The largest absolute Gasteiger partial charge is 0.468 e. The first kappa shape index (κ1) is 19.8. The topological polar surface area (TPSA) is 82.3 Å². The van der Waals surface area contributed by atoms with Gasteiger partial charge in [0.2, 0.25) is 11.8 Å². The average molecular weight is 424 g/mol. The fourth-order valence-electron chi connectivity index (χ4n) is 2.85. The number of hydrogen-bond acceptors (Lipinski definition) is 6. The molecule has 0 aliphatic heterocycles. The van der Waals surface area contributed by atoms with E-state index in [4.69, 9.17) is 9.15 Å². The SMILES string of the molecule is CS(=O)(=O)c1ccc(-c2oc(COc3ccccn3)nc2-c2ccc(F)cc2)cc1. The van der Waals surface area contributed by atoms with Gasteiger partial charge in [0, 0.05) is 29.6 Å². The highest BCUT2D eigenvalue weighted by atomic mass is 32.2. The Morgan fingerprint density at radius 2 is 1.67 bits per heavy atom. The molecule has 4 rings (SSSR count). The van der Waals surface area contributed by atoms with E-state index in [0.717, 1.165) is 6.26 Å². The van der Waals surface area contributed by atoms with Crippen LogP contribution in [0.2, 0.25) is 0 Å². The third-order valence-corrected chi connectivity index (χ3v) is 5.44. The van der Waals surface area contributed by atoms with Gasteiger partial charge in [0.15, 0.2) is 22.2 Å². The first-order valence-corrected chi connectivity index (χ1v) is 10.9. The number of pyridine rings is 1. The van der Waals surface area contributed by atoms with Gasteiger partial charge in [-0.25, -0.2) is 22.8 Å². The molecule has 30 heavy (non-hydrogen) atoms. The summed E-state index contributed by atoms with van der Waals surface area (Å²) in [6, 6.07) is 17.5. The molecule has 4 aromatic rings. The molecule has 2 aromatic carbocycles. The zero-order valence-electron chi connectivity index (χ0n) is 15.9. The van der Waals surface area contributed by atoms with Gasteiger partial charge in [-0.3, -0.25) is 0 Å². The van der Waals surface area contributed by atoms with E-state index in [-0.39, 0.29) is 17.3 Å². The second-order valence-electron chi connectivity index (χ2n) is 6.55. The lowest BCUT2D eigenvalue weighted by Crippen LogP contribution is -1.97. The van der Waals surface area contributed by atoms with Crippen LogP contribution in [0.3, 0.4) is 0 Å². The van der Waals surface area contributed by atoms with Gasteiger partial charge >= 0.3 is 0 Å². The molecule has 0 saturated heterocycles. The predicted octanol–water partition coefficient (Wildman–Crippen LogP) is 4.53. The maximum absolute atomic E-state index is 13.4. The number of halogens is 1. The van der Waals surface area contributed by atoms with Crippen molar-refractivity contribution in [3.8, 4) is 28.5 Å². The van der Waals surface area contributed by atoms with Crippen LogP contribution in [0.25, 0.3) is 22.6 Å². The lowest BCUT2D eigenvalue weighted by Gasteiger charge is -2.03. The Hall–Kier alpha value is -3.52. The summed E-state index contributed by atoms with van der Waals surface area (Å²) < 4.78 is 48.4. The molecule has 0 fully saturated rings. The van der Waals surface area contributed by atoms with Crippen LogP contribution in [0.1, 0.15) is 5.89 Å². The Labute approximate surface area is 172 Å². The van der Waals surface area contributed by atoms with Gasteiger partial charge in [0.05, 0.1) is 4.90 Å². The number of rotatable bonds is 6. The molecule has 0 aliphatic carbocycles. The number of benzene rings is 2. The van der Waals surface area contributed by atoms with Crippen molar-refractivity contribution in [3.63, 3.8) is 0 Å². The Balaban J connectivity index is 1.71. The molecule has 6 nitrogen and oxygen atoms in total. The predicted molar refractivity (Wildman–Crippen MR) is 109 cm³/mol. The zero-order valence-corrected chi connectivity index (χ0v) is 16.8. The molecule has 8 heteroatoms. The molecule has 0 atom stereocenters. The van der Waals surface area contributed by atoms with Gasteiger partial charge in [0.25, 0.3) is 0 Å². The first-order valence-electron chi connectivity index (χ1n) is 9.00. The first-order chi connectivity index (χ1) is 14.4. The van der Waals surface area contributed by atoms with Gasteiger partial charge < -0.3 is 9.15 Å². The summed E-state index contributed by atoms with van der Waals surface area (Å²) in [5.41, 5.74) is 1.80. The van der Waals surface area contributed by atoms with Crippen molar-refractivity contribution in [1.82, 2.24) is 9.97 Å². The molecule has 0 radical (unpaired) electrons. The van der Waals surface area contributed by atoms with E-state index >= 15 is 0 Å². The minimum absolute atomic E-state index is 0.0482. The highest BCUT2D eigenvalue weighted by Crippen LogP contribution is 2.33. The van der Waals surface area contributed by atoms with Crippen molar-refractivity contribution in [2.24, 2.45) is 0 Å². The van der Waals surface area contributed by atoms with Gasteiger partial charge in [-0.15, -0.1) is 0 Å². The number of nitrogens with zero attached hydrogens (tertiary/aromatic N) is 2. The Kier molecular flexibility index (Phi) is 5.33. The van der Waals surface area contributed by atoms with E-state index < -0.39 is 9.84 Å². The van der Waals surface area contributed by atoms with E-state index in [9.17, 15) is 12.8 Å². The Morgan fingerprint density at radius 3 is 2.30 bits per heavy atom. The van der Waals surface area contributed by atoms with Crippen molar-refractivity contribution in [3.05, 3.63) is 84.6 Å². The summed E-state index contributed by atoms with van der Waals surface area (Å²) in [6.45, 7) is 0.0482. The minimum atomic E-state index is -3.32. The molecule has 0 N–H and O–H groups in total. The molecular weight excluding hydrogens is 407 g/mol. The van der Waals surface area contributed by atoms with Gasteiger partial charge in [0.1, 0.15) is 11.5 Å². The summed E-state index contributed by atoms with van der Waals surface area (Å²) in [6.07, 6.45) is 2.76. The molecule has 152 valence electrons. The maximum Gasteiger partial charge on any atom is 0.233 e. The van der Waals surface area contributed by atoms with E-state index in [1.807, 2.05) is 0 Å². The van der Waals surface area contributed by atoms with Crippen molar-refractivity contribution >= 4 is 9.84 Å². The Bertz CT molecular complexity index is 1250. The van der Waals surface area contributed by atoms with Crippen LogP contribution in [-0.4, -0.2) is 24.6 Å². The second kappa shape index (κ2) is 8.08. The molecular formula is C22H17FN2O4S. The second-order valence-corrected chi connectivity index (χ2v) is 8.56. The van der Waals surface area contributed by atoms with E-state index in [0.29, 0.717) is 34.4 Å². The molecule has 0 aliphatic rings. The van der Waals surface area contributed by atoms with Crippen molar-refractivity contribution < 1.29 is 22.0 Å². The standard InChI is InChI=1S/C22H17FN2O4S/c1-30(26,27)18-11-7-16(8-12-18)22-21(15-5-9-17(23)10-6-15)25-20(29-22)14-28-19-4-2-3-13-24-19/h2-13H,14H2,1H3. The van der Waals surface area contributed by atoms with Gasteiger partial charge in [-0.1, -0.05) is 6.07 Å². The summed E-state index contributed by atoms with van der Waals surface area (Å²) in [7, 11) is -3.32. The fourth-order valence-corrected chi connectivity index (χ4v) is 3.48. The molecule has 0 unspecified atom stereocenters. The summed E-state index contributed by atoms with van der Waals surface area (Å²) >= 11 is 0. The van der Waals surface area contributed by atoms with E-state index in [1.165, 1.54) is 24.3 Å². The van der Waals surface area contributed by atoms with Crippen LogP contribution in [-0.2, 0) is 16.4 Å². The van der Waals surface area contributed by atoms with Crippen LogP contribution in [0, 0.1) is 5.82 Å². The summed E-state index contributed by atoms with van der Waals surface area (Å²) in [5.74, 6) is 0.807. The van der Waals surface area contributed by atoms with Crippen LogP contribution >= 0.6 is 0 Å². The van der Waals surface area contributed by atoms with Crippen molar-refractivity contribution in [1.29, 1.82) is 0 Å². The molecule has 0 spiro atoms.